The number of aryl methyl sites for hydroxylation is 1. The molecule has 3 aromatic heterocycles. The van der Waals surface area contributed by atoms with Gasteiger partial charge in [-0.15, -0.1) is 0 Å². The van der Waals surface area contributed by atoms with E-state index in [9.17, 15) is 14.7 Å². The summed E-state index contributed by atoms with van der Waals surface area (Å²) in [4.78, 5) is 34.8. The predicted molar refractivity (Wildman–Crippen MR) is 163 cm³/mol. The molecule has 0 atom stereocenters. The van der Waals surface area contributed by atoms with Crippen molar-refractivity contribution >= 4 is 22.8 Å². The van der Waals surface area contributed by atoms with Crippen molar-refractivity contribution in [2.45, 2.75) is 91.2 Å². The third-order valence-electron chi connectivity index (χ3n) is 8.09. The summed E-state index contributed by atoms with van der Waals surface area (Å²) >= 11 is 0. The zero-order valence-electron chi connectivity index (χ0n) is 25.0. The molecule has 0 saturated heterocycles. The Labute approximate surface area is 246 Å². The number of H-pyrrole nitrogens is 1. The summed E-state index contributed by atoms with van der Waals surface area (Å²) in [5.74, 6) is 0.619. The van der Waals surface area contributed by atoms with E-state index in [0.717, 1.165) is 12.1 Å². The van der Waals surface area contributed by atoms with Gasteiger partial charge in [0.05, 0.1) is 41.1 Å². The van der Waals surface area contributed by atoms with Gasteiger partial charge >= 0.3 is 5.97 Å². The molecular formula is C34H41N3O5. The number of amides is 1. The van der Waals surface area contributed by atoms with E-state index < -0.39 is 5.97 Å². The molecule has 8 heteroatoms. The van der Waals surface area contributed by atoms with Gasteiger partial charge in [0.2, 0.25) is 0 Å². The van der Waals surface area contributed by atoms with Gasteiger partial charge in [-0.05, 0) is 68.4 Å². The number of carbonyl (C=O) groups is 2. The first kappa shape index (κ1) is 29.4. The van der Waals surface area contributed by atoms with Crippen molar-refractivity contribution in [3.63, 3.8) is 0 Å². The molecule has 1 fully saturated rings. The quantitative estimate of drug-likeness (QED) is 0.168. The SMILES string of the molecule is CC(C)OC(=O)c1c(CCC2CCCCC2)nc2c(C(C)C)[nH]c(O)c2c1-c1ccc(C(=O)NCc2ccco2)cc1. The minimum Gasteiger partial charge on any atom is -0.494 e. The number of aromatic amines is 1. The molecule has 8 nitrogen and oxygen atoms in total. The average molecular weight is 572 g/mol. The Hall–Kier alpha value is -4.07. The van der Waals surface area contributed by atoms with Crippen LogP contribution in [0.2, 0.25) is 0 Å². The summed E-state index contributed by atoms with van der Waals surface area (Å²) in [5.41, 5.74) is 4.30. The van der Waals surface area contributed by atoms with Crippen LogP contribution < -0.4 is 5.32 Å². The molecule has 1 saturated carbocycles. The fraction of sp³-hybridized carbons (Fsp3) is 0.441. The van der Waals surface area contributed by atoms with Crippen molar-refractivity contribution in [1.29, 1.82) is 0 Å². The van der Waals surface area contributed by atoms with Gasteiger partial charge in [0.15, 0.2) is 5.88 Å². The molecular weight excluding hydrogens is 530 g/mol. The number of hydrogen-bond acceptors (Lipinski definition) is 6. The van der Waals surface area contributed by atoms with Gasteiger partial charge in [-0.25, -0.2) is 9.78 Å². The fourth-order valence-corrected chi connectivity index (χ4v) is 5.98. The minimum absolute atomic E-state index is 0.0334. The first-order chi connectivity index (χ1) is 20.2. The molecule has 0 spiro atoms. The molecule has 1 amide bonds. The lowest BCUT2D eigenvalue weighted by molar-refractivity contribution is 0.0377. The number of esters is 1. The Kier molecular flexibility index (Phi) is 9.00. The highest BCUT2D eigenvalue weighted by molar-refractivity contribution is 6.10. The summed E-state index contributed by atoms with van der Waals surface area (Å²) in [7, 11) is 0. The molecule has 42 heavy (non-hydrogen) atoms. The second-order valence-electron chi connectivity index (χ2n) is 11.9. The first-order valence-electron chi connectivity index (χ1n) is 15.1. The second kappa shape index (κ2) is 12.8. The maximum absolute atomic E-state index is 13.8. The number of nitrogens with one attached hydrogen (secondary N) is 2. The first-order valence-corrected chi connectivity index (χ1v) is 15.1. The van der Waals surface area contributed by atoms with E-state index in [1.54, 1.807) is 30.5 Å². The summed E-state index contributed by atoms with van der Waals surface area (Å²) < 4.78 is 11.1. The zero-order chi connectivity index (χ0) is 29.8. The normalized spacial score (nSPS) is 14.1. The maximum Gasteiger partial charge on any atom is 0.340 e. The van der Waals surface area contributed by atoms with E-state index in [0.29, 0.717) is 56.9 Å². The number of pyridine rings is 1. The average Bonchev–Trinajstić information content (AvgIpc) is 3.62. The van der Waals surface area contributed by atoms with Gasteiger partial charge in [-0.2, -0.15) is 0 Å². The van der Waals surface area contributed by atoms with E-state index in [2.05, 4.69) is 10.3 Å². The highest BCUT2D eigenvalue weighted by Crippen LogP contribution is 2.42. The molecule has 3 N–H and O–H groups in total. The summed E-state index contributed by atoms with van der Waals surface area (Å²) in [6.07, 6.45) is 9.02. The van der Waals surface area contributed by atoms with Crippen LogP contribution in [0.5, 0.6) is 5.88 Å². The van der Waals surface area contributed by atoms with Crippen LogP contribution in [-0.4, -0.2) is 33.1 Å². The number of benzene rings is 1. The van der Waals surface area contributed by atoms with Crippen LogP contribution in [0.3, 0.4) is 0 Å². The lowest BCUT2D eigenvalue weighted by Gasteiger charge is -2.22. The van der Waals surface area contributed by atoms with Gasteiger partial charge in [0.25, 0.3) is 5.91 Å². The van der Waals surface area contributed by atoms with Gasteiger partial charge in [0.1, 0.15) is 5.76 Å². The van der Waals surface area contributed by atoms with Gasteiger partial charge in [0, 0.05) is 16.8 Å². The molecule has 0 unspecified atom stereocenters. The zero-order valence-corrected chi connectivity index (χ0v) is 25.0. The molecule has 0 radical (unpaired) electrons. The number of ether oxygens (including phenoxy) is 1. The minimum atomic E-state index is -0.458. The molecule has 1 aliphatic rings. The van der Waals surface area contributed by atoms with E-state index in [1.165, 1.54) is 32.1 Å². The lowest BCUT2D eigenvalue weighted by atomic mass is 9.84. The molecule has 5 rings (SSSR count). The lowest BCUT2D eigenvalue weighted by Crippen LogP contribution is -2.22. The van der Waals surface area contributed by atoms with Crippen LogP contribution in [0, 0.1) is 5.92 Å². The Morgan fingerprint density at radius 2 is 1.83 bits per heavy atom. The molecule has 1 aromatic carbocycles. The molecule has 4 aromatic rings. The molecule has 0 bridgehead atoms. The van der Waals surface area contributed by atoms with Gasteiger partial charge < -0.3 is 24.6 Å². The van der Waals surface area contributed by atoms with E-state index in [1.807, 2.05) is 39.8 Å². The molecule has 0 aliphatic heterocycles. The maximum atomic E-state index is 13.8. The number of carbonyl (C=O) groups excluding carboxylic acids is 2. The smallest absolute Gasteiger partial charge is 0.340 e. The number of rotatable bonds is 10. The second-order valence-corrected chi connectivity index (χ2v) is 11.9. The third kappa shape index (κ3) is 6.37. The topological polar surface area (TPSA) is 117 Å². The van der Waals surface area contributed by atoms with Crippen LogP contribution in [0.4, 0.5) is 0 Å². The fourth-order valence-electron chi connectivity index (χ4n) is 5.98. The molecule has 1 aliphatic carbocycles. The van der Waals surface area contributed by atoms with Crippen LogP contribution in [0.1, 0.15) is 110 Å². The van der Waals surface area contributed by atoms with Crippen molar-refractivity contribution in [2.75, 3.05) is 0 Å². The predicted octanol–water partition coefficient (Wildman–Crippen LogP) is 7.66. The van der Waals surface area contributed by atoms with Crippen LogP contribution in [0.15, 0.2) is 47.1 Å². The van der Waals surface area contributed by atoms with Crippen molar-refractivity contribution in [3.05, 3.63) is 70.9 Å². The highest BCUT2D eigenvalue weighted by Gasteiger charge is 2.29. The largest absolute Gasteiger partial charge is 0.494 e. The number of hydrogen-bond donors (Lipinski definition) is 3. The monoisotopic (exact) mass is 571 g/mol. The summed E-state index contributed by atoms with van der Waals surface area (Å²) in [5, 5.41) is 14.5. The Balaban J connectivity index is 1.60. The number of nitrogens with zero attached hydrogens (tertiary/aromatic N) is 1. The van der Waals surface area contributed by atoms with E-state index in [-0.39, 0.29) is 30.4 Å². The van der Waals surface area contributed by atoms with Gasteiger partial charge in [-0.3, -0.25) is 4.79 Å². The van der Waals surface area contributed by atoms with Crippen molar-refractivity contribution in [3.8, 4) is 17.0 Å². The van der Waals surface area contributed by atoms with Crippen molar-refractivity contribution in [1.82, 2.24) is 15.3 Å². The van der Waals surface area contributed by atoms with Crippen molar-refractivity contribution < 1.29 is 23.8 Å². The Morgan fingerprint density at radius 1 is 1.10 bits per heavy atom. The number of aromatic nitrogens is 2. The number of aromatic hydroxyl groups is 1. The summed E-state index contributed by atoms with van der Waals surface area (Å²) in [6.45, 7) is 8.02. The highest BCUT2D eigenvalue weighted by atomic mass is 16.5. The van der Waals surface area contributed by atoms with E-state index in [4.69, 9.17) is 14.1 Å². The number of furan rings is 1. The van der Waals surface area contributed by atoms with Crippen LogP contribution in [-0.2, 0) is 17.7 Å². The third-order valence-corrected chi connectivity index (χ3v) is 8.09. The summed E-state index contributed by atoms with van der Waals surface area (Å²) in [6, 6.07) is 10.7. The molecule has 3 heterocycles. The van der Waals surface area contributed by atoms with Crippen LogP contribution in [0.25, 0.3) is 22.0 Å². The molecule has 222 valence electrons. The standard InChI is InChI=1S/C34H41N3O5/c1-20(2)30-31-29(33(39)37-30)27(23-13-15-24(16-14-23)32(38)35-19-25-11-8-18-41-25)28(34(40)42-21(3)4)26(36-31)17-12-22-9-6-5-7-10-22/h8,11,13-16,18,20-22,37,39H,5-7,9-10,12,17,19H2,1-4H3,(H,35,38). The van der Waals surface area contributed by atoms with Gasteiger partial charge in [-0.1, -0.05) is 58.1 Å². The Morgan fingerprint density at radius 3 is 2.48 bits per heavy atom. The Bertz CT molecular complexity index is 1530. The van der Waals surface area contributed by atoms with E-state index >= 15 is 0 Å². The number of fused-ring (bicyclic) bond motifs is 1. The van der Waals surface area contributed by atoms with Crippen molar-refractivity contribution in [2.24, 2.45) is 5.92 Å². The van der Waals surface area contributed by atoms with Crippen LogP contribution >= 0.6 is 0 Å².